The predicted octanol–water partition coefficient (Wildman–Crippen LogP) is 5.47. The number of rotatable bonds is 7. The van der Waals surface area contributed by atoms with E-state index in [0.29, 0.717) is 11.1 Å². The van der Waals surface area contributed by atoms with Gasteiger partial charge in [0.15, 0.2) is 0 Å². The van der Waals surface area contributed by atoms with Gasteiger partial charge in [0.25, 0.3) is 0 Å². The van der Waals surface area contributed by atoms with Gasteiger partial charge in [-0.25, -0.2) is 0 Å². The molecule has 0 aromatic heterocycles. The minimum atomic E-state index is 0.332. The lowest BCUT2D eigenvalue weighted by Gasteiger charge is -2.20. The maximum atomic E-state index is 6.28. The second kappa shape index (κ2) is 8.04. The average molecular weight is 288 g/mol. The molecule has 0 amide bonds. The first kappa shape index (κ1) is 15.8. The zero-order chi connectivity index (χ0) is 13.5. The molecule has 0 radical (unpaired) electrons. The summed E-state index contributed by atoms with van der Waals surface area (Å²) in [6, 6.07) is 6.10. The molecular weight excluding hydrogens is 265 g/mol. The first-order chi connectivity index (χ1) is 8.54. The summed E-state index contributed by atoms with van der Waals surface area (Å²) in [5.74, 6) is 0.757. The van der Waals surface area contributed by atoms with Gasteiger partial charge >= 0.3 is 0 Å². The number of hydrogen-bond donors (Lipinski definition) is 1. The summed E-state index contributed by atoms with van der Waals surface area (Å²) in [5.41, 5.74) is 1.16. The highest BCUT2D eigenvalue weighted by molar-refractivity contribution is 6.35. The van der Waals surface area contributed by atoms with Crippen LogP contribution in [0.25, 0.3) is 0 Å². The van der Waals surface area contributed by atoms with Gasteiger partial charge in [0.2, 0.25) is 0 Å². The average Bonchev–Trinajstić information content (AvgIpc) is 2.28. The van der Waals surface area contributed by atoms with Crippen molar-refractivity contribution in [3.05, 3.63) is 33.8 Å². The molecule has 0 spiro atoms. The number of benzene rings is 1. The minimum absolute atomic E-state index is 0.332. The lowest BCUT2D eigenvalue weighted by molar-refractivity contribution is 0.455. The Morgan fingerprint density at radius 3 is 2.44 bits per heavy atom. The van der Waals surface area contributed by atoms with Crippen molar-refractivity contribution in [1.29, 1.82) is 0 Å². The van der Waals surface area contributed by atoms with Crippen LogP contribution in [0.15, 0.2) is 18.2 Å². The monoisotopic (exact) mass is 287 g/mol. The van der Waals surface area contributed by atoms with Crippen molar-refractivity contribution in [3.8, 4) is 0 Å². The second-order valence-corrected chi connectivity index (χ2v) is 5.94. The van der Waals surface area contributed by atoms with Crippen LogP contribution in [0.3, 0.4) is 0 Å². The number of nitrogens with one attached hydrogen (secondary N) is 1. The summed E-state index contributed by atoms with van der Waals surface area (Å²) in [4.78, 5) is 0. The van der Waals surface area contributed by atoms with Crippen LogP contribution < -0.4 is 5.32 Å². The lowest BCUT2D eigenvalue weighted by Crippen LogP contribution is -2.21. The molecule has 0 aliphatic carbocycles. The van der Waals surface area contributed by atoms with Gasteiger partial charge in [-0.15, -0.1) is 0 Å². The van der Waals surface area contributed by atoms with Gasteiger partial charge in [-0.3, -0.25) is 0 Å². The van der Waals surface area contributed by atoms with Crippen molar-refractivity contribution in [2.24, 2.45) is 5.92 Å². The molecule has 0 heterocycles. The molecule has 0 aliphatic rings. The third-order valence-corrected chi connectivity index (χ3v) is 3.63. The van der Waals surface area contributed by atoms with Crippen LogP contribution in [-0.2, 0) is 0 Å². The van der Waals surface area contributed by atoms with E-state index >= 15 is 0 Å². The van der Waals surface area contributed by atoms with Gasteiger partial charge in [-0.1, -0.05) is 62.9 Å². The van der Waals surface area contributed by atoms with E-state index in [1.807, 2.05) is 18.2 Å². The van der Waals surface area contributed by atoms with Crippen molar-refractivity contribution in [2.45, 2.75) is 46.1 Å². The Labute approximate surface area is 121 Å². The molecule has 1 rings (SSSR count). The fraction of sp³-hybridized carbons (Fsp3) is 0.600. The molecule has 0 saturated heterocycles. The Balaban J connectivity index is 2.70. The maximum Gasteiger partial charge on any atom is 0.0468 e. The van der Waals surface area contributed by atoms with Gasteiger partial charge < -0.3 is 5.32 Å². The first-order valence-electron chi connectivity index (χ1n) is 6.73. The van der Waals surface area contributed by atoms with Crippen molar-refractivity contribution in [1.82, 2.24) is 5.32 Å². The van der Waals surface area contributed by atoms with Gasteiger partial charge in [0, 0.05) is 16.1 Å². The fourth-order valence-electron chi connectivity index (χ4n) is 2.13. The molecule has 18 heavy (non-hydrogen) atoms. The van der Waals surface area contributed by atoms with Gasteiger partial charge in [0.1, 0.15) is 0 Å². The molecular formula is C15H23Cl2N. The minimum Gasteiger partial charge on any atom is -0.310 e. The SMILES string of the molecule is CCNC(CCCC(C)C)c1ccc(Cl)cc1Cl. The van der Waals surface area contributed by atoms with Crippen molar-refractivity contribution >= 4 is 23.2 Å². The zero-order valence-electron chi connectivity index (χ0n) is 11.5. The van der Waals surface area contributed by atoms with Crippen LogP contribution in [0, 0.1) is 5.92 Å². The third-order valence-electron chi connectivity index (χ3n) is 3.06. The molecule has 3 heteroatoms. The van der Waals surface area contributed by atoms with E-state index in [9.17, 15) is 0 Å². The van der Waals surface area contributed by atoms with E-state index < -0.39 is 0 Å². The van der Waals surface area contributed by atoms with Gasteiger partial charge in [-0.2, -0.15) is 0 Å². The van der Waals surface area contributed by atoms with Crippen LogP contribution in [0.2, 0.25) is 10.0 Å². The maximum absolute atomic E-state index is 6.28. The highest BCUT2D eigenvalue weighted by atomic mass is 35.5. The molecule has 0 aliphatic heterocycles. The molecule has 1 atom stereocenters. The van der Waals surface area contributed by atoms with E-state index in [2.05, 4.69) is 26.1 Å². The Morgan fingerprint density at radius 2 is 1.89 bits per heavy atom. The van der Waals surface area contributed by atoms with Crippen LogP contribution >= 0.6 is 23.2 Å². The number of hydrogen-bond acceptors (Lipinski definition) is 1. The van der Waals surface area contributed by atoms with E-state index in [1.165, 1.54) is 12.8 Å². The fourth-order valence-corrected chi connectivity index (χ4v) is 2.67. The first-order valence-corrected chi connectivity index (χ1v) is 7.48. The molecule has 1 aromatic carbocycles. The predicted molar refractivity (Wildman–Crippen MR) is 81.6 cm³/mol. The summed E-state index contributed by atoms with van der Waals surface area (Å²) >= 11 is 12.2. The van der Waals surface area contributed by atoms with Crippen LogP contribution in [0.5, 0.6) is 0 Å². The molecule has 0 bridgehead atoms. The standard InChI is InChI=1S/C15H23Cl2N/c1-4-18-15(7-5-6-11(2)3)13-9-8-12(16)10-14(13)17/h8-11,15,18H,4-7H2,1-3H3. The molecule has 1 aromatic rings. The Bertz CT molecular complexity index is 364. The Kier molecular flexibility index (Phi) is 7.06. The summed E-state index contributed by atoms with van der Waals surface area (Å²) in [6.07, 6.45) is 3.59. The van der Waals surface area contributed by atoms with Crippen LogP contribution in [0.4, 0.5) is 0 Å². The normalized spacial score (nSPS) is 13.0. The molecule has 102 valence electrons. The molecule has 1 nitrogen and oxygen atoms in total. The van der Waals surface area contributed by atoms with E-state index in [0.717, 1.165) is 29.5 Å². The smallest absolute Gasteiger partial charge is 0.0468 e. The number of halogens is 2. The molecule has 0 fully saturated rings. The molecule has 1 unspecified atom stereocenters. The van der Waals surface area contributed by atoms with E-state index in [4.69, 9.17) is 23.2 Å². The van der Waals surface area contributed by atoms with Crippen molar-refractivity contribution < 1.29 is 0 Å². The van der Waals surface area contributed by atoms with Crippen LogP contribution in [-0.4, -0.2) is 6.54 Å². The van der Waals surface area contributed by atoms with Crippen LogP contribution in [0.1, 0.15) is 51.6 Å². The van der Waals surface area contributed by atoms with Gasteiger partial charge in [0.05, 0.1) is 0 Å². The largest absolute Gasteiger partial charge is 0.310 e. The molecule has 1 N–H and O–H groups in total. The summed E-state index contributed by atoms with van der Waals surface area (Å²) in [6.45, 7) is 7.60. The quantitative estimate of drug-likeness (QED) is 0.701. The summed E-state index contributed by atoms with van der Waals surface area (Å²) in [7, 11) is 0. The van der Waals surface area contributed by atoms with Crippen molar-refractivity contribution in [3.63, 3.8) is 0 Å². The van der Waals surface area contributed by atoms with Crippen molar-refractivity contribution in [2.75, 3.05) is 6.54 Å². The topological polar surface area (TPSA) is 12.0 Å². The van der Waals surface area contributed by atoms with Gasteiger partial charge in [-0.05, 0) is 36.6 Å². The Morgan fingerprint density at radius 1 is 1.17 bits per heavy atom. The third kappa shape index (κ3) is 5.17. The summed E-state index contributed by atoms with van der Waals surface area (Å²) in [5, 5.41) is 4.96. The summed E-state index contributed by atoms with van der Waals surface area (Å²) < 4.78 is 0. The van der Waals surface area contributed by atoms with E-state index in [-0.39, 0.29) is 0 Å². The highest BCUT2D eigenvalue weighted by Gasteiger charge is 2.13. The second-order valence-electron chi connectivity index (χ2n) is 5.10. The molecule has 0 saturated carbocycles. The zero-order valence-corrected chi connectivity index (χ0v) is 13.0. The highest BCUT2D eigenvalue weighted by Crippen LogP contribution is 2.29. The van der Waals surface area contributed by atoms with E-state index in [1.54, 1.807) is 0 Å². The lowest BCUT2D eigenvalue weighted by atomic mass is 9.98. The Hall–Kier alpha value is -0.240.